The predicted octanol–water partition coefficient (Wildman–Crippen LogP) is 2.06. The van der Waals surface area contributed by atoms with Gasteiger partial charge in [-0.05, 0) is 12.1 Å². The zero-order valence-corrected chi connectivity index (χ0v) is 14.4. The van der Waals surface area contributed by atoms with E-state index < -0.39 is 6.55 Å². The number of hydrogen-bond donors (Lipinski definition) is 2. The molecule has 0 atom stereocenters. The van der Waals surface area contributed by atoms with Gasteiger partial charge in [0.1, 0.15) is 5.82 Å². The number of aromatic nitrogens is 3. The maximum absolute atomic E-state index is 12.7. The van der Waals surface area contributed by atoms with Gasteiger partial charge in [0.25, 0.3) is 0 Å². The number of guanidine groups is 1. The summed E-state index contributed by atoms with van der Waals surface area (Å²) in [6.45, 7) is -0.939. The van der Waals surface area contributed by atoms with Gasteiger partial charge in [0.15, 0.2) is 5.96 Å². The first-order valence-corrected chi connectivity index (χ1v) is 6.56. The molecule has 0 radical (unpaired) electrons. The molecule has 2 aromatic heterocycles. The minimum absolute atomic E-state index is 0. The molecule has 0 aliphatic carbocycles. The molecule has 0 fully saturated rings. The average molecular weight is 424 g/mol. The van der Waals surface area contributed by atoms with Crippen molar-refractivity contribution in [3.8, 4) is 0 Å². The Bertz CT molecular complexity index is 567. The molecule has 0 aliphatic heterocycles. The van der Waals surface area contributed by atoms with E-state index in [1.807, 2.05) is 29.1 Å². The number of hydrogen-bond acceptors (Lipinski definition) is 2. The number of imidazole rings is 1. The molecule has 22 heavy (non-hydrogen) atoms. The second-order valence-electron chi connectivity index (χ2n) is 4.30. The van der Waals surface area contributed by atoms with Gasteiger partial charge < -0.3 is 15.2 Å². The maximum atomic E-state index is 12.7. The molecule has 0 aromatic carbocycles. The molecular formula is C13H19F2IN6. The average Bonchev–Trinajstić information content (AvgIpc) is 3.13. The normalized spacial score (nSPS) is 11.4. The van der Waals surface area contributed by atoms with E-state index in [0.717, 1.165) is 11.1 Å². The predicted molar refractivity (Wildman–Crippen MR) is 91.5 cm³/mol. The van der Waals surface area contributed by atoms with Gasteiger partial charge in [0.2, 0.25) is 0 Å². The highest BCUT2D eigenvalue weighted by Gasteiger charge is 2.11. The number of rotatable bonds is 6. The Kier molecular flexibility index (Phi) is 7.85. The first-order chi connectivity index (χ1) is 10.2. The Morgan fingerprint density at radius 3 is 2.64 bits per heavy atom. The molecule has 122 valence electrons. The van der Waals surface area contributed by atoms with Crippen molar-refractivity contribution in [1.82, 2.24) is 24.8 Å². The Morgan fingerprint density at radius 1 is 1.27 bits per heavy atom. The van der Waals surface area contributed by atoms with Crippen LogP contribution < -0.4 is 10.6 Å². The number of nitrogens with one attached hydrogen (secondary N) is 2. The van der Waals surface area contributed by atoms with Crippen molar-refractivity contribution in [2.45, 2.75) is 19.6 Å². The van der Waals surface area contributed by atoms with Gasteiger partial charge in [-0.25, -0.2) is 4.98 Å². The zero-order valence-electron chi connectivity index (χ0n) is 12.1. The van der Waals surface area contributed by atoms with Crippen molar-refractivity contribution < 1.29 is 8.78 Å². The monoisotopic (exact) mass is 424 g/mol. The van der Waals surface area contributed by atoms with Gasteiger partial charge in [-0.3, -0.25) is 9.56 Å². The van der Waals surface area contributed by atoms with Gasteiger partial charge in [0.05, 0.1) is 6.54 Å². The number of aliphatic imine (C=N–C) groups is 1. The van der Waals surface area contributed by atoms with E-state index in [9.17, 15) is 8.78 Å². The molecule has 9 heteroatoms. The van der Waals surface area contributed by atoms with Gasteiger partial charge in [-0.2, -0.15) is 8.78 Å². The molecule has 0 bridgehead atoms. The lowest BCUT2D eigenvalue weighted by Crippen LogP contribution is -2.38. The molecular weight excluding hydrogens is 405 g/mol. The Hall–Kier alpha value is -1.65. The van der Waals surface area contributed by atoms with Crippen molar-refractivity contribution in [3.63, 3.8) is 0 Å². The Balaban J connectivity index is 0.00000242. The highest BCUT2D eigenvalue weighted by molar-refractivity contribution is 14.0. The second kappa shape index (κ2) is 9.38. The van der Waals surface area contributed by atoms with Crippen molar-refractivity contribution >= 4 is 29.9 Å². The molecule has 2 rings (SSSR count). The minimum atomic E-state index is -2.59. The fraction of sp³-hybridized carbons (Fsp3) is 0.385. The summed E-state index contributed by atoms with van der Waals surface area (Å²) in [6.07, 6.45) is 6.55. The van der Waals surface area contributed by atoms with E-state index in [-0.39, 0.29) is 36.3 Å². The Labute approximate surface area is 144 Å². The van der Waals surface area contributed by atoms with Crippen LogP contribution in [-0.4, -0.2) is 33.7 Å². The van der Waals surface area contributed by atoms with Gasteiger partial charge >= 0.3 is 6.55 Å². The summed E-state index contributed by atoms with van der Waals surface area (Å²) in [4.78, 5) is 7.94. The van der Waals surface area contributed by atoms with E-state index >= 15 is 0 Å². The highest BCUT2D eigenvalue weighted by Crippen LogP contribution is 2.11. The smallest absolute Gasteiger partial charge is 0.319 e. The van der Waals surface area contributed by atoms with E-state index in [2.05, 4.69) is 20.6 Å². The molecule has 0 spiro atoms. The summed E-state index contributed by atoms with van der Waals surface area (Å²) >= 11 is 0. The first kappa shape index (κ1) is 18.4. The third-order valence-corrected chi connectivity index (χ3v) is 2.93. The van der Waals surface area contributed by atoms with Crippen LogP contribution in [0.2, 0.25) is 0 Å². The maximum Gasteiger partial charge on any atom is 0.319 e. The number of nitrogens with zero attached hydrogens (tertiary/aromatic N) is 4. The third-order valence-electron chi connectivity index (χ3n) is 2.93. The van der Waals surface area contributed by atoms with E-state index in [0.29, 0.717) is 12.5 Å². The SMILES string of the molecule is CN=C(NCCn1cccc1)NCc1nccn1C(F)F.I. The van der Waals surface area contributed by atoms with E-state index in [1.54, 1.807) is 7.05 Å². The standard InChI is InChI=1S/C13H18F2N6.HI/c1-16-13(18-4-8-20-6-2-3-7-20)19-10-11-17-5-9-21(11)12(14)15;/h2-3,5-7,9,12H,4,8,10H2,1H3,(H2,16,18,19);1H. The van der Waals surface area contributed by atoms with Crippen molar-refractivity contribution in [3.05, 3.63) is 42.7 Å². The van der Waals surface area contributed by atoms with Crippen LogP contribution in [0.4, 0.5) is 8.78 Å². The van der Waals surface area contributed by atoms with E-state index in [4.69, 9.17) is 0 Å². The van der Waals surface area contributed by atoms with Crippen LogP contribution in [0, 0.1) is 0 Å². The van der Waals surface area contributed by atoms with Gasteiger partial charge in [-0.15, -0.1) is 24.0 Å². The fourth-order valence-electron chi connectivity index (χ4n) is 1.86. The summed E-state index contributed by atoms with van der Waals surface area (Å²) in [5.74, 6) is 0.810. The second-order valence-corrected chi connectivity index (χ2v) is 4.30. The van der Waals surface area contributed by atoms with Crippen LogP contribution >= 0.6 is 24.0 Å². The molecule has 0 amide bonds. The van der Waals surface area contributed by atoms with Crippen LogP contribution in [0.15, 0.2) is 41.9 Å². The molecule has 2 heterocycles. The van der Waals surface area contributed by atoms with E-state index in [1.165, 1.54) is 12.4 Å². The van der Waals surface area contributed by atoms with Crippen LogP contribution in [0.25, 0.3) is 0 Å². The number of alkyl halides is 2. The van der Waals surface area contributed by atoms with Crippen LogP contribution in [0.1, 0.15) is 12.4 Å². The molecule has 0 unspecified atom stereocenters. The minimum Gasteiger partial charge on any atom is -0.355 e. The molecule has 0 saturated carbocycles. The highest BCUT2D eigenvalue weighted by atomic mass is 127. The summed E-state index contributed by atoms with van der Waals surface area (Å²) < 4.78 is 28.2. The quantitative estimate of drug-likeness (QED) is 0.424. The summed E-state index contributed by atoms with van der Waals surface area (Å²) in [5.41, 5.74) is 0. The van der Waals surface area contributed by atoms with Crippen molar-refractivity contribution in [2.75, 3.05) is 13.6 Å². The van der Waals surface area contributed by atoms with Crippen LogP contribution in [-0.2, 0) is 13.1 Å². The summed E-state index contributed by atoms with van der Waals surface area (Å²) in [6, 6.07) is 3.91. The third kappa shape index (κ3) is 5.28. The summed E-state index contributed by atoms with van der Waals surface area (Å²) in [5, 5.41) is 6.07. The molecule has 2 N–H and O–H groups in total. The lowest BCUT2D eigenvalue weighted by Gasteiger charge is -2.13. The van der Waals surface area contributed by atoms with Gasteiger partial charge in [-0.1, -0.05) is 0 Å². The summed E-state index contributed by atoms with van der Waals surface area (Å²) in [7, 11) is 1.63. The van der Waals surface area contributed by atoms with Crippen LogP contribution in [0.5, 0.6) is 0 Å². The Morgan fingerprint density at radius 2 is 2.00 bits per heavy atom. The van der Waals surface area contributed by atoms with Gasteiger partial charge in [0, 0.05) is 44.9 Å². The van der Waals surface area contributed by atoms with Crippen molar-refractivity contribution in [2.24, 2.45) is 4.99 Å². The zero-order chi connectivity index (χ0) is 15.1. The largest absolute Gasteiger partial charge is 0.355 e. The molecule has 0 saturated heterocycles. The first-order valence-electron chi connectivity index (χ1n) is 6.56. The fourth-order valence-corrected chi connectivity index (χ4v) is 1.86. The molecule has 2 aromatic rings. The lowest BCUT2D eigenvalue weighted by molar-refractivity contribution is 0.0668. The lowest BCUT2D eigenvalue weighted by atomic mass is 10.5. The van der Waals surface area contributed by atoms with Crippen LogP contribution in [0.3, 0.4) is 0 Å². The molecule has 6 nitrogen and oxygen atoms in total. The number of halogens is 3. The topological polar surface area (TPSA) is 59.2 Å². The molecule has 0 aliphatic rings. The van der Waals surface area contributed by atoms with Crippen molar-refractivity contribution in [1.29, 1.82) is 0 Å².